The Labute approximate surface area is 84.7 Å². The quantitative estimate of drug-likeness (QED) is 0.788. The molecule has 0 fully saturated rings. The van der Waals surface area contributed by atoms with Gasteiger partial charge in [-0.2, -0.15) is 0 Å². The molecule has 1 rings (SSSR count). The summed E-state index contributed by atoms with van der Waals surface area (Å²) in [7, 11) is 0. The molecule has 1 aromatic carbocycles. The van der Waals surface area contributed by atoms with Crippen LogP contribution in [0.5, 0.6) is 0 Å². The van der Waals surface area contributed by atoms with Gasteiger partial charge >= 0.3 is 0 Å². The molecule has 11 heavy (non-hydrogen) atoms. The Kier molecular flexibility index (Phi) is 4.96. The van der Waals surface area contributed by atoms with Gasteiger partial charge in [-0.3, -0.25) is 0 Å². The van der Waals surface area contributed by atoms with E-state index >= 15 is 0 Å². The van der Waals surface area contributed by atoms with Gasteiger partial charge in [0.1, 0.15) is 5.82 Å². The molecule has 0 aliphatic carbocycles. The molecule has 62 valence electrons. The number of benzene rings is 1. The summed E-state index contributed by atoms with van der Waals surface area (Å²) in [5, 5.41) is 0. The van der Waals surface area contributed by atoms with Gasteiger partial charge in [-0.25, -0.2) is 4.39 Å². The van der Waals surface area contributed by atoms with Gasteiger partial charge in [-0.15, -0.1) is 12.4 Å². The number of hydrogen-bond acceptors (Lipinski definition) is 1. The van der Waals surface area contributed by atoms with E-state index < -0.39 is 0 Å². The Bertz CT molecular complexity index is 242. The number of nitrogens with two attached hydrogens (primary N) is 1. The number of rotatable bonds is 1. The van der Waals surface area contributed by atoms with Crippen molar-refractivity contribution in [1.82, 2.24) is 0 Å². The second-order valence-electron chi connectivity index (χ2n) is 1.92. The predicted molar refractivity (Wildman–Crippen MR) is 54.3 cm³/mol. The molecule has 0 aliphatic heterocycles. The van der Waals surface area contributed by atoms with Crippen molar-refractivity contribution in [2.24, 2.45) is 5.73 Å². The molecule has 0 aromatic heterocycles. The lowest BCUT2D eigenvalue weighted by atomic mass is 10.2. The van der Waals surface area contributed by atoms with Crippen molar-refractivity contribution in [3.05, 3.63) is 33.1 Å². The van der Waals surface area contributed by atoms with E-state index in [1.165, 1.54) is 0 Å². The molecule has 0 radical (unpaired) electrons. The van der Waals surface area contributed by atoms with Gasteiger partial charge in [0, 0.05) is 15.7 Å². The number of halogens is 3. The van der Waals surface area contributed by atoms with Crippen LogP contribution in [-0.4, -0.2) is 0 Å². The van der Waals surface area contributed by atoms with Crippen molar-refractivity contribution in [2.75, 3.05) is 0 Å². The van der Waals surface area contributed by atoms with Gasteiger partial charge in [0.15, 0.2) is 0 Å². The molecule has 0 amide bonds. The summed E-state index contributed by atoms with van der Waals surface area (Å²) < 4.78 is 13.5. The largest absolute Gasteiger partial charge is 0.326 e. The molecule has 0 heterocycles. The highest BCUT2D eigenvalue weighted by Gasteiger charge is 2.01. The van der Waals surface area contributed by atoms with Gasteiger partial charge in [0.2, 0.25) is 0 Å². The van der Waals surface area contributed by atoms with Crippen LogP contribution >= 0.6 is 35.0 Å². The Morgan fingerprint density at radius 3 is 2.55 bits per heavy atom. The summed E-state index contributed by atoms with van der Waals surface area (Å²) in [6.45, 7) is 0.267. The van der Waals surface area contributed by atoms with Crippen LogP contribution in [0.2, 0.25) is 0 Å². The summed E-state index contributed by atoms with van der Waals surface area (Å²) in [5.74, 6) is -0.189. The van der Waals surface area contributed by atoms with Crippen LogP contribution in [0.4, 0.5) is 4.39 Å². The first-order valence-electron chi connectivity index (χ1n) is 2.88. The van der Waals surface area contributed by atoms with Gasteiger partial charge < -0.3 is 5.73 Å². The highest BCUT2D eigenvalue weighted by atomic mass is 127. The van der Waals surface area contributed by atoms with Crippen LogP contribution in [0, 0.1) is 9.39 Å². The van der Waals surface area contributed by atoms with Crippen molar-refractivity contribution in [1.29, 1.82) is 0 Å². The first-order chi connectivity index (χ1) is 4.75. The summed E-state index contributed by atoms with van der Waals surface area (Å²) in [4.78, 5) is 0. The highest BCUT2D eigenvalue weighted by Crippen LogP contribution is 2.13. The van der Waals surface area contributed by atoms with Crippen molar-refractivity contribution in [3.8, 4) is 0 Å². The Hall–Kier alpha value is 0.130. The SMILES string of the molecule is Cl.NCc1cccc(I)c1F. The topological polar surface area (TPSA) is 26.0 Å². The molecule has 0 aliphatic rings. The zero-order valence-corrected chi connectivity index (χ0v) is 8.65. The normalized spacial score (nSPS) is 9.00. The summed E-state index contributed by atoms with van der Waals surface area (Å²) in [6.07, 6.45) is 0. The zero-order chi connectivity index (χ0) is 7.56. The average Bonchev–Trinajstić information content (AvgIpc) is 1.95. The fraction of sp³-hybridized carbons (Fsp3) is 0.143. The third-order valence-electron chi connectivity index (χ3n) is 1.25. The Balaban J connectivity index is 0.000001000. The predicted octanol–water partition coefficient (Wildman–Crippen LogP) is 2.31. The smallest absolute Gasteiger partial charge is 0.140 e. The van der Waals surface area contributed by atoms with E-state index in [1.807, 2.05) is 22.6 Å². The molecule has 0 saturated heterocycles. The summed E-state index contributed by atoms with van der Waals surface area (Å²) >= 11 is 1.94. The molecular weight excluding hydrogens is 279 g/mol. The lowest BCUT2D eigenvalue weighted by Crippen LogP contribution is -2.00. The summed E-state index contributed by atoms with van der Waals surface area (Å²) in [6, 6.07) is 5.21. The maximum atomic E-state index is 12.9. The molecular formula is C7H8ClFIN. The summed E-state index contributed by atoms with van der Waals surface area (Å²) in [5.41, 5.74) is 5.85. The van der Waals surface area contributed by atoms with Crippen LogP contribution in [0.15, 0.2) is 18.2 Å². The molecule has 1 nitrogen and oxygen atoms in total. The maximum Gasteiger partial charge on any atom is 0.140 e. The molecule has 0 saturated carbocycles. The Morgan fingerprint density at radius 1 is 1.45 bits per heavy atom. The maximum absolute atomic E-state index is 12.9. The van der Waals surface area contributed by atoms with Crippen LogP contribution in [0.1, 0.15) is 5.56 Å². The average molecular weight is 288 g/mol. The van der Waals surface area contributed by atoms with Crippen molar-refractivity contribution < 1.29 is 4.39 Å². The molecule has 0 atom stereocenters. The minimum absolute atomic E-state index is 0. The first-order valence-corrected chi connectivity index (χ1v) is 3.96. The second-order valence-corrected chi connectivity index (χ2v) is 3.08. The van der Waals surface area contributed by atoms with E-state index in [4.69, 9.17) is 5.73 Å². The third-order valence-corrected chi connectivity index (χ3v) is 2.08. The van der Waals surface area contributed by atoms with E-state index in [0.29, 0.717) is 9.13 Å². The Morgan fingerprint density at radius 2 is 2.09 bits per heavy atom. The van der Waals surface area contributed by atoms with Crippen LogP contribution in [0.3, 0.4) is 0 Å². The van der Waals surface area contributed by atoms with E-state index in [0.717, 1.165) is 0 Å². The van der Waals surface area contributed by atoms with E-state index in [2.05, 4.69) is 0 Å². The standard InChI is InChI=1S/C7H7FIN.ClH/c8-7-5(4-10)2-1-3-6(7)9;/h1-3H,4,10H2;1H. The van der Waals surface area contributed by atoms with Crippen LogP contribution < -0.4 is 5.73 Å². The van der Waals surface area contributed by atoms with Gasteiger partial charge in [0.25, 0.3) is 0 Å². The van der Waals surface area contributed by atoms with Crippen molar-refractivity contribution in [2.45, 2.75) is 6.54 Å². The minimum Gasteiger partial charge on any atom is -0.326 e. The van der Waals surface area contributed by atoms with E-state index in [-0.39, 0.29) is 24.8 Å². The van der Waals surface area contributed by atoms with E-state index in [1.54, 1.807) is 18.2 Å². The lowest BCUT2D eigenvalue weighted by molar-refractivity contribution is 0.603. The lowest BCUT2D eigenvalue weighted by Gasteiger charge is -1.99. The molecule has 2 N–H and O–H groups in total. The van der Waals surface area contributed by atoms with Gasteiger partial charge in [-0.05, 0) is 28.7 Å². The van der Waals surface area contributed by atoms with Gasteiger partial charge in [0.05, 0.1) is 0 Å². The molecule has 1 aromatic rings. The zero-order valence-electron chi connectivity index (χ0n) is 5.68. The van der Waals surface area contributed by atoms with Crippen molar-refractivity contribution >= 4 is 35.0 Å². The molecule has 0 bridgehead atoms. The molecule has 4 heteroatoms. The van der Waals surface area contributed by atoms with Crippen LogP contribution in [-0.2, 0) is 6.54 Å². The van der Waals surface area contributed by atoms with Crippen LogP contribution in [0.25, 0.3) is 0 Å². The van der Waals surface area contributed by atoms with Crippen molar-refractivity contribution in [3.63, 3.8) is 0 Å². The second kappa shape index (κ2) is 4.90. The van der Waals surface area contributed by atoms with E-state index in [9.17, 15) is 4.39 Å². The number of hydrogen-bond donors (Lipinski definition) is 1. The first kappa shape index (κ1) is 11.1. The fourth-order valence-corrected chi connectivity index (χ4v) is 1.26. The monoisotopic (exact) mass is 287 g/mol. The third kappa shape index (κ3) is 2.57. The minimum atomic E-state index is -0.189. The molecule has 0 spiro atoms. The van der Waals surface area contributed by atoms with Gasteiger partial charge in [-0.1, -0.05) is 12.1 Å². The fourth-order valence-electron chi connectivity index (χ4n) is 0.706. The highest BCUT2D eigenvalue weighted by molar-refractivity contribution is 14.1. The molecule has 0 unspecified atom stereocenters.